The Kier molecular flexibility index (Phi) is 12.4. The Hall–Kier alpha value is -6.29. The molecule has 1 aliphatic carbocycles. The number of hydrogen-bond acceptors (Lipinski definition) is 13. The van der Waals surface area contributed by atoms with Crippen LogP contribution in [0.1, 0.15) is 98.7 Å². The second-order valence-corrected chi connectivity index (χ2v) is 22.3. The number of nitrogens with zero attached hydrogens (tertiary/aromatic N) is 6. The Morgan fingerprint density at radius 1 is 0.986 bits per heavy atom. The van der Waals surface area contributed by atoms with Gasteiger partial charge in [0.1, 0.15) is 50.5 Å². The summed E-state index contributed by atoms with van der Waals surface area (Å²) >= 11 is 0. The first-order valence-electron chi connectivity index (χ1n) is 24.8. The summed E-state index contributed by atoms with van der Waals surface area (Å²) in [5.74, 6) is -2.57. The summed E-state index contributed by atoms with van der Waals surface area (Å²) in [4.78, 5) is 45.8. The molecule has 1 atom stereocenters. The van der Waals surface area contributed by atoms with E-state index in [2.05, 4.69) is 73.2 Å². The van der Waals surface area contributed by atoms with Crippen molar-refractivity contribution in [1.29, 1.82) is 0 Å². The van der Waals surface area contributed by atoms with Crippen LogP contribution >= 0.6 is 0 Å². The zero-order valence-electron chi connectivity index (χ0n) is 40.1. The molecule has 0 unspecified atom stereocenters. The van der Waals surface area contributed by atoms with Gasteiger partial charge in [0.05, 0.1) is 58.9 Å². The standard InChI is InChI=1S/C51H57F3N10O7S/c1-30(2)34-6-3-4-7-35(34)40-8-5-13-63(40)31-22-50(23-31)9-14-62(15-10-50)41-20-43(71-33-18-36-39(53)25-56-48(36)55-24-33)37(19-38(41)52)49(65)60-72(68,69)44-21-42(64(66)67)45(47-46(44)58-29-59-47)57-28-51(54)11-16-61(17-12-51)32-26-70-27-32/h3-4,6-7,18-21,24-25,29-32,40,57H,5,8-17,22-23,26-28H2,1-2H3,(H,55,56)(H,58,59)(H,60,65)/t40-/m0/s1. The Morgan fingerprint density at radius 2 is 1.75 bits per heavy atom. The van der Waals surface area contributed by atoms with Gasteiger partial charge in [-0.05, 0) is 92.5 Å². The SMILES string of the molecule is CC(C)c1ccccc1[C@@H]1CCCN1C1CC2(CCN(c3cc(Oc4cnc5[nH]cc(F)c5c4)c(C(=O)NS(=O)(=O)c4cc([N+](=O)[O-])c(NCC5(F)CCN(C6COC6)CC5)c5[nH]cnc45)cc3F)CC2)C1. The monoisotopic (exact) mass is 1010 g/mol. The van der Waals surface area contributed by atoms with Crippen molar-refractivity contribution in [1.82, 2.24) is 34.5 Å². The number of halogens is 3. The van der Waals surface area contributed by atoms with Crippen molar-refractivity contribution in [3.05, 3.63) is 106 Å². The molecule has 1 saturated carbocycles. The molecule has 6 aromatic rings. The van der Waals surface area contributed by atoms with E-state index < -0.39 is 54.3 Å². The van der Waals surface area contributed by atoms with Crippen molar-refractivity contribution in [2.45, 2.75) is 99.8 Å². The van der Waals surface area contributed by atoms with Gasteiger partial charge in [-0.2, -0.15) is 0 Å². The van der Waals surface area contributed by atoms with Gasteiger partial charge >= 0.3 is 0 Å². The molecule has 3 aromatic carbocycles. The van der Waals surface area contributed by atoms with Crippen LogP contribution in [-0.4, -0.2) is 119 Å². The number of amides is 1. The Bertz CT molecular complexity index is 3180. The van der Waals surface area contributed by atoms with Crippen LogP contribution in [0.2, 0.25) is 0 Å². The number of aromatic nitrogens is 4. The first kappa shape index (κ1) is 48.0. The van der Waals surface area contributed by atoms with E-state index in [-0.39, 0.29) is 75.8 Å². The largest absolute Gasteiger partial charge is 0.455 e. The number of piperidine rings is 2. The molecule has 21 heteroatoms. The summed E-state index contributed by atoms with van der Waals surface area (Å²) in [6, 6.07) is 14.2. The number of H-pyrrole nitrogens is 2. The van der Waals surface area contributed by atoms with E-state index in [0.717, 1.165) is 69.7 Å². The highest BCUT2D eigenvalue weighted by atomic mass is 32.2. The highest BCUT2D eigenvalue weighted by molar-refractivity contribution is 7.90. The van der Waals surface area contributed by atoms with E-state index in [9.17, 15) is 27.7 Å². The van der Waals surface area contributed by atoms with Gasteiger partial charge in [0.2, 0.25) is 0 Å². The van der Waals surface area contributed by atoms with Gasteiger partial charge in [-0.15, -0.1) is 0 Å². The number of carbonyl (C=O) groups is 1. The number of imidazole rings is 1. The van der Waals surface area contributed by atoms with Crippen molar-refractivity contribution < 1.29 is 40.8 Å². The molecule has 380 valence electrons. The van der Waals surface area contributed by atoms with E-state index in [1.54, 1.807) is 0 Å². The van der Waals surface area contributed by atoms with Crippen molar-refractivity contribution in [3.8, 4) is 11.5 Å². The number of pyridine rings is 1. The van der Waals surface area contributed by atoms with Crippen molar-refractivity contribution in [2.24, 2.45) is 5.41 Å². The number of fused-ring (bicyclic) bond motifs is 2. The van der Waals surface area contributed by atoms with Crippen LogP contribution in [-0.2, 0) is 14.8 Å². The van der Waals surface area contributed by atoms with Gasteiger partial charge in [0, 0.05) is 63.1 Å². The predicted molar refractivity (Wildman–Crippen MR) is 264 cm³/mol. The maximum absolute atomic E-state index is 16.6. The first-order valence-corrected chi connectivity index (χ1v) is 26.3. The fraction of sp³-hybridized carbons (Fsp3) is 0.471. The van der Waals surface area contributed by atoms with Crippen LogP contribution in [0.3, 0.4) is 0 Å². The third-order valence-corrected chi connectivity index (χ3v) is 17.3. The highest BCUT2D eigenvalue weighted by Crippen LogP contribution is 2.54. The molecule has 7 heterocycles. The lowest BCUT2D eigenvalue weighted by atomic mass is 9.59. The smallest absolute Gasteiger partial charge is 0.296 e. The number of benzene rings is 3. The summed E-state index contributed by atoms with van der Waals surface area (Å²) in [6.07, 6.45) is 9.92. The summed E-state index contributed by atoms with van der Waals surface area (Å²) in [5.41, 5.74) is -0.188. The second-order valence-electron chi connectivity index (χ2n) is 20.7. The van der Waals surface area contributed by atoms with E-state index in [0.29, 0.717) is 57.4 Å². The average Bonchev–Trinajstić information content (AvgIpc) is 4.11. The molecule has 17 nitrogen and oxygen atoms in total. The van der Waals surface area contributed by atoms with Crippen molar-refractivity contribution in [3.63, 3.8) is 0 Å². The number of likely N-dealkylation sites (tertiary alicyclic amines) is 2. The molecule has 0 bridgehead atoms. The Labute approximate surface area is 414 Å². The molecular weight excluding hydrogens is 954 g/mol. The van der Waals surface area contributed by atoms with E-state index in [1.165, 1.54) is 29.5 Å². The average molecular weight is 1010 g/mol. The highest BCUT2D eigenvalue weighted by Gasteiger charge is 2.50. The van der Waals surface area contributed by atoms with E-state index >= 15 is 8.78 Å². The van der Waals surface area contributed by atoms with Crippen LogP contribution in [0.15, 0.2) is 72.1 Å². The number of nitro groups is 1. The molecule has 11 rings (SSSR count). The molecular formula is C51H57F3N10O7S. The minimum atomic E-state index is -5.00. The Morgan fingerprint density at radius 3 is 2.47 bits per heavy atom. The molecule has 4 N–H and O–H groups in total. The van der Waals surface area contributed by atoms with Gasteiger partial charge in [-0.25, -0.2) is 36.3 Å². The van der Waals surface area contributed by atoms with Crippen LogP contribution < -0.4 is 19.7 Å². The lowest BCUT2D eigenvalue weighted by Gasteiger charge is -2.56. The summed E-state index contributed by atoms with van der Waals surface area (Å²) in [5, 5.41) is 15.5. The topological polar surface area (TPSA) is 204 Å². The number of anilines is 2. The van der Waals surface area contributed by atoms with Crippen molar-refractivity contribution >= 4 is 55.1 Å². The Balaban J connectivity index is 0.831. The van der Waals surface area contributed by atoms with E-state index in [4.69, 9.17) is 9.47 Å². The number of alkyl halides is 1. The third kappa shape index (κ3) is 8.91. The first-order chi connectivity index (χ1) is 34.6. The molecule has 5 fully saturated rings. The number of nitrogens with one attached hydrogen (secondary N) is 4. The van der Waals surface area contributed by atoms with Crippen LogP contribution in [0.25, 0.3) is 22.1 Å². The number of sulfonamides is 1. The molecule has 5 aliphatic rings. The maximum atomic E-state index is 16.6. The van der Waals surface area contributed by atoms with Gasteiger partial charge in [-0.1, -0.05) is 38.1 Å². The van der Waals surface area contributed by atoms with Crippen LogP contribution in [0.5, 0.6) is 11.5 Å². The lowest BCUT2D eigenvalue weighted by Crippen LogP contribution is -2.55. The van der Waals surface area contributed by atoms with Crippen LogP contribution in [0, 0.1) is 27.2 Å². The molecule has 4 aliphatic heterocycles. The number of rotatable bonds is 14. The minimum absolute atomic E-state index is 0.0182. The number of aromatic amines is 2. The van der Waals surface area contributed by atoms with Gasteiger partial charge in [0.15, 0.2) is 0 Å². The van der Waals surface area contributed by atoms with Gasteiger partial charge < -0.3 is 29.7 Å². The van der Waals surface area contributed by atoms with E-state index in [1.807, 2.05) is 9.62 Å². The minimum Gasteiger partial charge on any atom is -0.455 e. The zero-order valence-corrected chi connectivity index (χ0v) is 40.9. The fourth-order valence-corrected chi connectivity index (χ4v) is 13.0. The third-order valence-electron chi connectivity index (χ3n) is 16.0. The van der Waals surface area contributed by atoms with Crippen molar-refractivity contribution in [2.75, 3.05) is 62.7 Å². The predicted octanol–water partition coefficient (Wildman–Crippen LogP) is 8.86. The quantitative estimate of drug-likeness (QED) is 0.0596. The molecule has 72 heavy (non-hydrogen) atoms. The molecule has 0 radical (unpaired) electrons. The molecule has 1 amide bonds. The number of hydrogen-bond donors (Lipinski definition) is 4. The number of ether oxygens (including phenoxy) is 2. The fourth-order valence-electron chi connectivity index (χ4n) is 11.9. The number of nitro benzene ring substituents is 1. The second kappa shape index (κ2) is 18.6. The van der Waals surface area contributed by atoms with Gasteiger partial charge in [-0.3, -0.25) is 24.7 Å². The van der Waals surface area contributed by atoms with Gasteiger partial charge in [0.25, 0.3) is 21.6 Å². The lowest BCUT2D eigenvalue weighted by molar-refractivity contribution is -0.384. The summed E-state index contributed by atoms with van der Waals surface area (Å²) in [6.45, 7) is 8.45. The summed E-state index contributed by atoms with van der Waals surface area (Å²) in [7, 11) is -5.00. The molecule has 3 aromatic heterocycles. The van der Waals surface area contributed by atoms with Crippen LogP contribution in [0.4, 0.5) is 30.2 Å². The number of carbonyl (C=O) groups excluding carboxylic acids is 1. The zero-order chi connectivity index (χ0) is 50.1. The maximum Gasteiger partial charge on any atom is 0.296 e. The molecule has 4 saturated heterocycles. The normalized spacial score (nSPS) is 20.8. The summed E-state index contributed by atoms with van der Waals surface area (Å²) < 4.78 is 89.3. The molecule has 1 spiro atoms.